The van der Waals surface area contributed by atoms with Crippen LogP contribution in [0.2, 0.25) is 0 Å². The smallest absolute Gasteiger partial charge is 0.253 e. The number of aromatic amines is 1. The molecule has 5 N–H and O–H groups in total. The molecule has 94 valence electrons. The van der Waals surface area contributed by atoms with Crippen LogP contribution in [0.25, 0.3) is 0 Å². The van der Waals surface area contributed by atoms with Crippen LogP contribution in [0.15, 0.2) is 21.0 Å². The van der Waals surface area contributed by atoms with Crippen LogP contribution in [-0.2, 0) is 0 Å². The molecule has 0 radical (unpaired) electrons. The minimum atomic E-state index is -0.304. The highest BCUT2D eigenvalue weighted by Gasteiger charge is 2.10. The van der Waals surface area contributed by atoms with Gasteiger partial charge in [0, 0.05) is 11.6 Å². The maximum absolute atomic E-state index is 11.3. The summed E-state index contributed by atoms with van der Waals surface area (Å²) in [5, 5.41) is 1.02. The van der Waals surface area contributed by atoms with Gasteiger partial charge < -0.3 is 16.5 Å². The van der Waals surface area contributed by atoms with Crippen molar-refractivity contribution in [3.05, 3.63) is 27.8 Å². The largest absolute Gasteiger partial charge is 0.383 e. The molecule has 18 heavy (non-hydrogen) atoms. The van der Waals surface area contributed by atoms with Gasteiger partial charge in [-0.15, -0.1) is 0 Å². The Morgan fingerprint density at radius 1 is 1.22 bits per heavy atom. The molecule has 2 aromatic heterocycles. The summed E-state index contributed by atoms with van der Waals surface area (Å²) in [6.07, 6.45) is 0. The summed E-state index contributed by atoms with van der Waals surface area (Å²) in [6, 6.07) is 1.22. The van der Waals surface area contributed by atoms with E-state index in [1.165, 1.54) is 17.8 Å². The molecule has 2 aromatic rings. The van der Waals surface area contributed by atoms with Crippen molar-refractivity contribution in [2.24, 2.45) is 0 Å². The second-order valence-corrected chi connectivity index (χ2v) is 4.64. The van der Waals surface area contributed by atoms with Crippen molar-refractivity contribution in [2.75, 3.05) is 11.5 Å². The first-order valence-corrected chi connectivity index (χ1v) is 5.93. The van der Waals surface area contributed by atoms with E-state index in [4.69, 9.17) is 11.5 Å². The molecule has 0 bridgehead atoms. The molecule has 8 heteroatoms. The summed E-state index contributed by atoms with van der Waals surface area (Å²) in [6.45, 7) is 3.55. The van der Waals surface area contributed by atoms with Crippen molar-refractivity contribution in [1.82, 2.24) is 19.9 Å². The quantitative estimate of drug-likeness (QED) is 0.532. The molecule has 0 saturated carbocycles. The summed E-state index contributed by atoms with van der Waals surface area (Å²) < 4.78 is 0. The third-order valence-corrected chi connectivity index (χ3v) is 3.16. The first kappa shape index (κ1) is 12.4. The number of nitrogens with one attached hydrogen (secondary N) is 1. The minimum Gasteiger partial charge on any atom is -0.383 e. The molecule has 0 atom stereocenters. The molecule has 0 aliphatic carbocycles. The van der Waals surface area contributed by atoms with E-state index >= 15 is 0 Å². The van der Waals surface area contributed by atoms with Crippen LogP contribution in [-0.4, -0.2) is 19.9 Å². The Morgan fingerprint density at radius 3 is 2.61 bits per heavy atom. The first-order valence-electron chi connectivity index (χ1n) is 5.11. The Kier molecular flexibility index (Phi) is 3.19. The van der Waals surface area contributed by atoms with Gasteiger partial charge in [-0.1, -0.05) is 0 Å². The van der Waals surface area contributed by atoms with Crippen LogP contribution >= 0.6 is 11.8 Å². The number of aryl methyl sites for hydroxylation is 1. The van der Waals surface area contributed by atoms with Gasteiger partial charge in [-0.05, 0) is 25.6 Å². The lowest BCUT2D eigenvalue weighted by Crippen LogP contribution is -2.10. The zero-order valence-corrected chi connectivity index (χ0v) is 10.7. The Labute approximate surface area is 107 Å². The fourth-order valence-electron chi connectivity index (χ4n) is 1.32. The number of rotatable bonds is 2. The molecule has 7 nitrogen and oxygen atoms in total. The molecule has 0 fully saturated rings. The third kappa shape index (κ3) is 2.59. The molecular formula is C10H12N6OS. The van der Waals surface area contributed by atoms with Gasteiger partial charge in [-0.25, -0.2) is 15.0 Å². The fraction of sp³-hybridized carbons (Fsp3) is 0.200. The molecule has 2 rings (SSSR count). The van der Waals surface area contributed by atoms with Gasteiger partial charge in [0.2, 0.25) is 0 Å². The highest BCUT2D eigenvalue weighted by molar-refractivity contribution is 7.99. The van der Waals surface area contributed by atoms with Crippen molar-refractivity contribution < 1.29 is 0 Å². The van der Waals surface area contributed by atoms with Crippen LogP contribution in [0.4, 0.5) is 11.6 Å². The van der Waals surface area contributed by atoms with Crippen molar-refractivity contribution in [2.45, 2.75) is 24.0 Å². The van der Waals surface area contributed by atoms with E-state index in [0.717, 1.165) is 5.56 Å². The second kappa shape index (κ2) is 4.65. The van der Waals surface area contributed by atoms with Crippen molar-refractivity contribution in [1.29, 1.82) is 0 Å². The molecule has 2 heterocycles. The van der Waals surface area contributed by atoms with Crippen LogP contribution in [0, 0.1) is 13.8 Å². The first-order chi connectivity index (χ1) is 8.45. The minimum absolute atomic E-state index is 0.164. The maximum atomic E-state index is 11.3. The predicted molar refractivity (Wildman–Crippen MR) is 69.3 cm³/mol. The summed E-state index contributed by atoms with van der Waals surface area (Å²) >= 11 is 1.19. The van der Waals surface area contributed by atoms with Gasteiger partial charge in [-0.2, -0.15) is 0 Å². The summed E-state index contributed by atoms with van der Waals surface area (Å²) in [4.78, 5) is 26.2. The standard InChI is InChI=1S/C10H12N6OS/c1-4-8(12)13-5(2)14-9(4)18-10-15-6(11)3-7(17)16-10/h3H,1-2H3,(H2,12,13,14)(H3,11,15,16,17). The van der Waals surface area contributed by atoms with Crippen molar-refractivity contribution >= 4 is 23.4 Å². The molecule has 0 saturated heterocycles. The third-order valence-electron chi connectivity index (χ3n) is 2.18. The number of aromatic nitrogens is 4. The van der Waals surface area contributed by atoms with Gasteiger partial charge in [0.1, 0.15) is 22.5 Å². The lowest BCUT2D eigenvalue weighted by atomic mass is 10.3. The number of hydrogen-bond donors (Lipinski definition) is 3. The molecule has 0 aliphatic rings. The summed E-state index contributed by atoms with van der Waals surface area (Å²) in [5.41, 5.74) is 11.7. The van der Waals surface area contributed by atoms with Gasteiger partial charge in [0.15, 0.2) is 5.16 Å². The van der Waals surface area contributed by atoms with Crippen molar-refractivity contribution in [3.8, 4) is 0 Å². The van der Waals surface area contributed by atoms with Crippen LogP contribution < -0.4 is 17.0 Å². The second-order valence-electron chi connectivity index (χ2n) is 3.66. The number of nitrogens with two attached hydrogens (primary N) is 2. The zero-order chi connectivity index (χ0) is 13.3. The van der Waals surface area contributed by atoms with Crippen LogP contribution in [0.1, 0.15) is 11.4 Å². The Bertz CT molecular complexity index is 653. The maximum Gasteiger partial charge on any atom is 0.253 e. The SMILES string of the molecule is Cc1nc(N)c(C)c(Sc2nc(N)cc(=O)[nH]2)n1. The molecular weight excluding hydrogens is 252 g/mol. The van der Waals surface area contributed by atoms with Gasteiger partial charge >= 0.3 is 0 Å². The molecule has 0 unspecified atom stereocenters. The predicted octanol–water partition coefficient (Wildman–Crippen LogP) is 0.492. The monoisotopic (exact) mass is 264 g/mol. The van der Waals surface area contributed by atoms with Gasteiger partial charge in [-0.3, -0.25) is 4.79 Å². The molecule has 0 spiro atoms. The van der Waals surface area contributed by atoms with E-state index in [9.17, 15) is 4.79 Å². The topological polar surface area (TPSA) is 124 Å². The highest BCUT2D eigenvalue weighted by Crippen LogP contribution is 2.27. The van der Waals surface area contributed by atoms with E-state index < -0.39 is 0 Å². The van der Waals surface area contributed by atoms with Gasteiger partial charge in [0.25, 0.3) is 5.56 Å². The number of hydrogen-bond acceptors (Lipinski definition) is 7. The lowest BCUT2D eigenvalue weighted by molar-refractivity contribution is 0.916. The van der Waals surface area contributed by atoms with Gasteiger partial charge in [0.05, 0.1) is 0 Å². The number of nitrogen functional groups attached to an aromatic ring is 2. The lowest BCUT2D eigenvalue weighted by Gasteiger charge is -2.07. The van der Waals surface area contributed by atoms with Crippen molar-refractivity contribution in [3.63, 3.8) is 0 Å². The number of H-pyrrole nitrogens is 1. The molecule has 0 amide bonds. The fourth-order valence-corrected chi connectivity index (χ4v) is 2.24. The van der Waals surface area contributed by atoms with E-state index in [1.54, 1.807) is 6.92 Å². The summed E-state index contributed by atoms with van der Waals surface area (Å²) in [7, 11) is 0. The normalized spacial score (nSPS) is 10.6. The Hall–Kier alpha value is -2.09. The van der Waals surface area contributed by atoms with E-state index in [0.29, 0.717) is 21.8 Å². The highest BCUT2D eigenvalue weighted by atomic mass is 32.2. The zero-order valence-electron chi connectivity index (χ0n) is 9.89. The average Bonchev–Trinajstić information content (AvgIpc) is 2.23. The summed E-state index contributed by atoms with van der Waals surface area (Å²) in [5.74, 6) is 1.14. The number of anilines is 2. The van der Waals surface area contributed by atoms with E-state index in [2.05, 4.69) is 19.9 Å². The average molecular weight is 264 g/mol. The Balaban J connectivity index is 2.42. The molecule has 0 aliphatic heterocycles. The van der Waals surface area contributed by atoms with Crippen LogP contribution in [0.3, 0.4) is 0 Å². The number of nitrogens with zero attached hydrogens (tertiary/aromatic N) is 3. The Morgan fingerprint density at radius 2 is 1.94 bits per heavy atom. The molecule has 0 aromatic carbocycles. The van der Waals surface area contributed by atoms with Crippen LogP contribution in [0.5, 0.6) is 0 Å². The van der Waals surface area contributed by atoms with E-state index in [-0.39, 0.29) is 11.4 Å². The van der Waals surface area contributed by atoms with E-state index in [1.807, 2.05) is 6.92 Å².